The van der Waals surface area contributed by atoms with E-state index in [4.69, 9.17) is 23.2 Å². The number of benzene rings is 2. The number of thiazole rings is 1. The Morgan fingerprint density at radius 2 is 1.81 bits per heavy atom. The van der Waals surface area contributed by atoms with E-state index in [1.807, 2.05) is 42.6 Å². The van der Waals surface area contributed by atoms with Gasteiger partial charge in [0.15, 0.2) is 5.13 Å². The predicted octanol–water partition coefficient (Wildman–Crippen LogP) is 6.60. The lowest BCUT2D eigenvalue weighted by molar-refractivity contribution is -0.116. The normalized spacial score (nSPS) is 10.6. The van der Waals surface area contributed by atoms with Gasteiger partial charge in [0.2, 0.25) is 5.91 Å². The molecule has 0 unspecified atom stereocenters. The highest BCUT2D eigenvalue weighted by atomic mass is 35.5. The molecular weight excluding hydrogens is 389 g/mol. The molecule has 0 aliphatic carbocycles. The second-order valence-corrected chi connectivity index (χ2v) is 7.34. The van der Waals surface area contributed by atoms with Gasteiger partial charge in [-0.25, -0.2) is 4.98 Å². The van der Waals surface area contributed by atoms with Gasteiger partial charge in [0, 0.05) is 28.7 Å². The Labute approximate surface area is 166 Å². The van der Waals surface area contributed by atoms with Gasteiger partial charge >= 0.3 is 0 Å². The van der Waals surface area contributed by atoms with Gasteiger partial charge in [0.25, 0.3) is 0 Å². The average molecular weight is 406 g/mol. The van der Waals surface area contributed by atoms with Gasteiger partial charge in [0.05, 0.1) is 15.7 Å². The molecule has 1 amide bonds. The predicted molar refractivity (Wildman–Crippen MR) is 111 cm³/mol. The summed E-state index contributed by atoms with van der Waals surface area (Å²) in [5, 5.41) is 9.85. The molecule has 7 heteroatoms. The van der Waals surface area contributed by atoms with E-state index in [-0.39, 0.29) is 5.91 Å². The Kier molecular flexibility index (Phi) is 6.14. The van der Waals surface area contributed by atoms with Crippen molar-refractivity contribution in [3.8, 4) is 11.3 Å². The van der Waals surface area contributed by atoms with Crippen LogP contribution in [-0.4, -0.2) is 10.9 Å². The molecule has 3 aromatic rings. The Bertz CT molecular complexity index is 909. The third-order valence-corrected chi connectivity index (χ3v) is 5.11. The summed E-state index contributed by atoms with van der Waals surface area (Å²) >= 11 is 13.5. The average Bonchev–Trinajstić information content (AvgIpc) is 3.07. The molecule has 0 atom stereocenters. The molecule has 1 heterocycles. The van der Waals surface area contributed by atoms with E-state index in [9.17, 15) is 4.79 Å². The molecular formula is C19H17Cl2N3OS. The number of nitrogens with one attached hydrogen (secondary N) is 2. The first-order chi connectivity index (χ1) is 12.5. The number of halogens is 2. The minimum atomic E-state index is 0.0296. The second-order valence-electron chi connectivity index (χ2n) is 5.67. The largest absolute Gasteiger partial charge is 0.331 e. The molecule has 0 spiro atoms. The van der Waals surface area contributed by atoms with Crippen molar-refractivity contribution in [2.24, 2.45) is 0 Å². The highest BCUT2D eigenvalue weighted by Gasteiger charge is 2.07. The van der Waals surface area contributed by atoms with E-state index in [1.54, 1.807) is 12.1 Å². The zero-order chi connectivity index (χ0) is 18.5. The third kappa shape index (κ3) is 4.75. The highest BCUT2D eigenvalue weighted by Crippen LogP contribution is 2.30. The summed E-state index contributed by atoms with van der Waals surface area (Å²) in [5.74, 6) is 0.0296. The molecule has 0 radical (unpaired) electrons. The number of anilines is 3. The first-order valence-corrected chi connectivity index (χ1v) is 9.76. The van der Waals surface area contributed by atoms with E-state index in [0.717, 1.165) is 34.2 Å². The number of hydrogen-bond donors (Lipinski definition) is 2. The molecule has 0 saturated heterocycles. The van der Waals surface area contributed by atoms with Crippen LogP contribution in [0.5, 0.6) is 0 Å². The molecule has 0 fully saturated rings. The van der Waals surface area contributed by atoms with Crippen molar-refractivity contribution < 1.29 is 4.79 Å². The van der Waals surface area contributed by atoms with Gasteiger partial charge < -0.3 is 10.6 Å². The maximum absolute atomic E-state index is 11.6. The Morgan fingerprint density at radius 1 is 1.08 bits per heavy atom. The molecule has 0 saturated carbocycles. The van der Waals surface area contributed by atoms with Gasteiger partial charge in [-0.15, -0.1) is 11.3 Å². The fourth-order valence-corrected chi connectivity index (χ4v) is 3.37. The molecule has 1 aromatic heterocycles. The van der Waals surface area contributed by atoms with Crippen LogP contribution < -0.4 is 10.6 Å². The zero-order valence-corrected chi connectivity index (χ0v) is 16.4. The zero-order valence-electron chi connectivity index (χ0n) is 14.1. The van der Waals surface area contributed by atoms with Crippen LogP contribution in [-0.2, 0) is 4.79 Å². The number of amides is 1. The smallest absolute Gasteiger partial charge is 0.224 e. The van der Waals surface area contributed by atoms with Gasteiger partial charge in [0.1, 0.15) is 0 Å². The van der Waals surface area contributed by atoms with Crippen molar-refractivity contribution in [1.82, 2.24) is 4.98 Å². The van der Waals surface area contributed by atoms with Crippen molar-refractivity contribution in [1.29, 1.82) is 0 Å². The fourth-order valence-electron chi connectivity index (χ4n) is 2.34. The van der Waals surface area contributed by atoms with Crippen molar-refractivity contribution in [2.45, 2.75) is 19.8 Å². The lowest BCUT2D eigenvalue weighted by atomic mass is 10.1. The summed E-state index contributed by atoms with van der Waals surface area (Å²) in [6.07, 6.45) is 1.36. The minimum absolute atomic E-state index is 0.0296. The van der Waals surface area contributed by atoms with E-state index in [2.05, 4.69) is 15.6 Å². The Hall–Kier alpha value is -2.08. The summed E-state index contributed by atoms with van der Waals surface area (Å²) in [4.78, 5) is 16.2. The number of aromatic nitrogens is 1. The number of nitrogens with zero attached hydrogens (tertiary/aromatic N) is 1. The summed E-state index contributed by atoms with van der Waals surface area (Å²) in [6, 6.07) is 13.0. The summed E-state index contributed by atoms with van der Waals surface area (Å²) in [7, 11) is 0. The summed E-state index contributed by atoms with van der Waals surface area (Å²) in [5.41, 5.74) is 3.46. The molecule has 26 heavy (non-hydrogen) atoms. The fraction of sp³-hybridized carbons (Fsp3) is 0.158. The lowest BCUT2D eigenvalue weighted by Gasteiger charge is -2.05. The van der Waals surface area contributed by atoms with E-state index in [1.165, 1.54) is 11.3 Å². The maximum atomic E-state index is 11.6. The van der Waals surface area contributed by atoms with Crippen LogP contribution in [0.25, 0.3) is 11.3 Å². The number of carbonyl (C=O) groups is 1. The molecule has 4 nitrogen and oxygen atoms in total. The van der Waals surface area contributed by atoms with E-state index >= 15 is 0 Å². The molecule has 3 rings (SSSR count). The van der Waals surface area contributed by atoms with Crippen molar-refractivity contribution in [3.63, 3.8) is 0 Å². The standard InChI is InChI=1S/C19H17Cl2N3OS/c1-2-3-18(25)22-13-6-4-12(5-7-13)17-11-26-19(24-17)23-14-8-9-15(20)16(21)10-14/h4-11H,2-3H2,1H3,(H,22,25)(H,23,24). The lowest BCUT2D eigenvalue weighted by Crippen LogP contribution is -2.10. The highest BCUT2D eigenvalue weighted by molar-refractivity contribution is 7.14. The summed E-state index contributed by atoms with van der Waals surface area (Å²) < 4.78 is 0. The SMILES string of the molecule is CCCC(=O)Nc1ccc(-c2csc(Nc3ccc(Cl)c(Cl)c3)n2)cc1. The van der Waals surface area contributed by atoms with Crippen LogP contribution in [0.1, 0.15) is 19.8 Å². The van der Waals surface area contributed by atoms with Crippen LogP contribution in [0.3, 0.4) is 0 Å². The first kappa shape index (κ1) is 18.7. The van der Waals surface area contributed by atoms with Crippen molar-refractivity contribution in [3.05, 3.63) is 57.9 Å². The number of rotatable bonds is 6. The van der Waals surface area contributed by atoms with Crippen LogP contribution >= 0.6 is 34.5 Å². The summed E-state index contributed by atoms with van der Waals surface area (Å²) in [6.45, 7) is 1.98. The second kappa shape index (κ2) is 8.54. The van der Waals surface area contributed by atoms with Gasteiger partial charge in [-0.2, -0.15) is 0 Å². The minimum Gasteiger partial charge on any atom is -0.331 e. The molecule has 134 valence electrons. The van der Waals surface area contributed by atoms with Crippen molar-refractivity contribution in [2.75, 3.05) is 10.6 Å². The van der Waals surface area contributed by atoms with Crippen LogP contribution in [0.2, 0.25) is 10.0 Å². The van der Waals surface area contributed by atoms with Crippen LogP contribution in [0.15, 0.2) is 47.8 Å². The van der Waals surface area contributed by atoms with Crippen LogP contribution in [0.4, 0.5) is 16.5 Å². The quantitative estimate of drug-likeness (QED) is 0.485. The monoisotopic (exact) mass is 405 g/mol. The first-order valence-electron chi connectivity index (χ1n) is 8.13. The topological polar surface area (TPSA) is 54.0 Å². The maximum Gasteiger partial charge on any atom is 0.224 e. The van der Waals surface area contributed by atoms with E-state index < -0.39 is 0 Å². The van der Waals surface area contributed by atoms with Crippen molar-refractivity contribution >= 4 is 57.0 Å². The van der Waals surface area contributed by atoms with E-state index in [0.29, 0.717) is 16.5 Å². The van der Waals surface area contributed by atoms with Gasteiger partial charge in [-0.05, 0) is 36.8 Å². The van der Waals surface area contributed by atoms with Crippen LogP contribution in [0, 0.1) is 0 Å². The molecule has 0 aliphatic rings. The molecule has 2 N–H and O–H groups in total. The number of hydrogen-bond acceptors (Lipinski definition) is 4. The molecule has 2 aromatic carbocycles. The number of carbonyl (C=O) groups excluding carboxylic acids is 1. The molecule has 0 aliphatic heterocycles. The third-order valence-electron chi connectivity index (χ3n) is 3.62. The van der Waals surface area contributed by atoms with Gasteiger partial charge in [-0.1, -0.05) is 42.3 Å². The molecule has 0 bridgehead atoms. The van der Waals surface area contributed by atoms with Gasteiger partial charge in [-0.3, -0.25) is 4.79 Å². The Balaban J connectivity index is 1.69. The Morgan fingerprint density at radius 3 is 2.50 bits per heavy atom.